The topological polar surface area (TPSA) is 74.6 Å². The standard InChI is InChI=1S/C19H20O4/c1-13-4-2-6-16(18(13)19(22)23)17(21)12-15-9-7-14(8-10-15)5-3-11-20/h2,4,6-10,20H,3,5,11-12H2,1H3,(H,22,23). The second-order valence-corrected chi connectivity index (χ2v) is 5.55. The summed E-state index contributed by atoms with van der Waals surface area (Å²) < 4.78 is 0. The zero-order chi connectivity index (χ0) is 16.8. The van der Waals surface area contributed by atoms with Crippen LogP contribution in [0.15, 0.2) is 42.5 Å². The lowest BCUT2D eigenvalue weighted by molar-refractivity contribution is 0.0691. The minimum Gasteiger partial charge on any atom is -0.478 e. The first-order valence-electron chi connectivity index (χ1n) is 7.57. The third-order valence-corrected chi connectivity index (χ3v) is 3.80. The molecule has 0 fully saturated rings. The molecule has 0 saturated carbocycles. The van der Waals surface area contributed by atoms with Crippen molar-refractivity contribution in [2.45, 2.75) is 26.2 Å². The van der Waals surface area contributed by atoms with Crippen LogP contribution in [-0.4, -0.2) is 28.6 Å². The Kier molecular flexibility index (Phi) is 5.66. The summed E-state index contributed by atoms with van der Waals surface area (Å²) in [7, 11) is 0. The number of carbonyl (C=O) groups is 2. The first-order valence-corrected chi connectivity index (χ1v) is 7.57. The summed E-state index contributed by atoms with van der Waals surface area (Å²) in [6.07, 6.45) is 1.68. The predicted molar refractivity (Wildman–Crippen MR) is 88.0 cm³/mol. The van der Waals surface area contributed by atoms with Crippen LogP contribution in [0, 0.1) is 6.92 Å². The summed E-state index contributed by atoms with van der Waals surface area (Å²) in [4.78, 5) is 23.8. The molecule has 0 aliphatic rings. The second-order valence-electron chi connectivity index (χ2n) is 5.55. The number of carboxylic acid groups (broad SMARTS) is 1. The SMILES string of the molecule is Cc1cccc(C(=O)Cc2ccc(CCCO)cc2)c1C(=O)O. The molecule has 4 heteroatoms. The number of aliphatic hydroxyl groups excluding tert-OH is 1. The monoisotopic (exact) mass is 312 g/mol. The smallest absolute Gasteiger partial charge is 0.336 e. The number of rotatable bonds is 7. The Morgan fingerprint density at radius 3 is 2.26 bits per heavy atom. The molecule has 0 heterocycles. The van der Waals surface area contributed by atoms with Gasteiger partial charge in [0.1, 0.15) is 0 Å². The maximum Gasteiger partial charge on any atom is 0.336 e. The van der Waals surface area contributed by atoms with Gasteiger partial charge in [0.2, 0.25) is 0 Å². The highest BCUT2D eigenvalue weighted by molar-refractivity contribution is 6.07. The summed E-state index contributed by atoms with van der Waals surface area (Å²) in [6, 6.07) is 12.6. The predicted octanol–water partition coefficient (Wildman–Crippen LogP) is 3.04. The Morgan fingerprint density at radius 2 is 1.65 bits per heavy atom. The molecule has 0 amide bonds. The van der Waals surface area contributed by atoms with E-state index in [1.165, 1.54) is 0 Å². The Hall–Kier alpha value is -2.46. The van der Waals surface area contributed by atoms with E-state index in [-0.39, 0.29) is 29.9 Å². The Morgan fingerprint density at radius 1 is 1.00 bits per heavy atom. The minimum absolute atomic E-state index is 0.0806. The zero-order valence-electron chi connectivity index (χ0n) is 13.1. The highest BCUT2D eigenvalue weighted by Crippen LogP contribution is 2.17. The van der Waals surface area contributed by atoms with Crippen molar-refractivity contribution >= 4 is 11.8 Å². The Bertz CT molecular complexity index is 702. The van der Waals surface area contributed by atoms with Crippen molar-refractivity contribution in [2.75, 3.05) is 6.61 Å². The van der Waals surface area contributed by atoms with E-state index in [0.717, 1.165) is 17.5 Å². The molecule has 2 N–H and O–H groups in total. The van der Waals surface area contributed by atoms with E-state index in [1.54, 1.807) is 25.1 Å². The van der Waals surface area contributed by atoms with E-state index in [4.69, 9.17) is 5.11 Å². The average molecular weight is 312 g/mol. The van der Waals surface area contributed by atoms with E-state index in [2.05, 4.69) is 0 Å². The lowest BCUT2D eigenvalue weighted by Crippen LogP contribution is -2.12. The third-order valence-electron chi connectivity index (χ3n) is 3.80. The summed E-state index contributed by atoms with van der Waals surface area (Å²) in [5.74, 6) is -1.28. The van der Waals surface area contributed by atoms with Crippen LogP contribution in [0.1, 0.15) is 43.8 Å². The molecule has 23 heavy (non-hydrogen) atoms. The van der Waals surface area contributed by atoms with Gasteiger partial charge in [-0.1, -0.05) is 42.5 Å². The fourth-order valence-corrected chi connectivity index (χ4v) is 2.57. The van der Waals surface area contributed by atoms with Gasteiger partial charge in [0.15, 0.2) is 5.78 Å². The first kappa shape index (κ1) is 16.9. The average Bonchev–Trinajstić information content (AvgIpc) is 2.53. The van der Waals surface area contributed by atoms with Crippen molar-refractivity contribution in [3.05, 3.63) is 70.3 Å². The second kappa shape index (κ2) is 7.70. The summed E-state index contributed by atoms with van der Waals surface area (Å²) >= 11 is 0. The lowest BCUT2D eigenvalue weighted by Gasteiger charge is -2.08. The first-order chi connectivity index (χ1) is 11.0. The normalized spacial score (nSPS) is 10.5. The number of hydrogen-bond acceptors (Lipinski definition) is 3. The molecule has 0 saturated heterocycles. The summed E-state index contributed by atoms with van der Waals surface area (Å²) in [5, 5.41) is 18.1. The van der Waals surface area contributed by atoms with Crippen LogP contribution in [0.3, 0.4) is 0 Å². The van der Waals surface area contributed by atoms with Gasteiger partial charge >= 0.3 is 5.97 Å². The molecule has 120 valence electrons. The highest BCUT2D eigenvalue weighted by atomic mass is 16.4. The number of aryl methyl sites for hydroxylation is 2. The molecule has 0 unspecified atom stereocenters. The molecule has 0 aliphatic carbocycles. The number of Topliss-reactive ketones (excluding diaryl/α,β-unsaturated/α-hetero) is 1. The molecule has 2 rings (SSSR count). The van der Waals surface area contributed by atoms with Crippen LogP contribution >= 0.6 is 0 Å². The van der Waals surface area contributed by atoms with E-state index in [1.807, 2.05) is 24.3 Å². The molecule has 0 bridgehead atoms. The molecule has 0 aliphatic heterocycles. The van der Waals surface area contributed by atoms with E-state index in [9.17, 15) is 14.7 Å². The number of carboxylic acids is 1. The van der Waals surface area contributed by atoms with E-state index in [0.29, 0.717) is 12.0 Å². The van der Waals surface area contributed by atoms with Crippen molar-refractivity contribution in [1.82, 2.24) is 0 Å². The summed E-state index contributed by atoms with van der Waals surface area (Å²) in [5.41, 5.74) is 2.87. The molecule has 2 aromatic carbocycles. The van der Waals surface area contributed by atoms with Crippen LogP contribution in [0.4, 0.5) is 0 Å². The van der Waals surface area contributed by atoms with E-state index < -0.39 is 5.97 Å². The van der Waals surface area contributed by atoms with Gasteiger partial charge in [0, 0.05) is 18.6 Å². The number of aromatic carboxylic acids is 1. The molecular weight excluding hydrogens is 292 g/mol. The van der Waals surface area contributed by atoms with Crippen LogP contribution in [0.25, 0.3) is 0 Å². The van der Waals surface area contributed by atoms with Crippen LogP contribution in [-0.2, 0) is 12.8 Å². The van der Waals surface area contributed by atoms with Crippen molar-refractivity contribution in [1.29, 1.82) is 0 Å². The van der Waals surface area contributed by atoms with E-state index >= 15 is 0 Å². The molecule has 0 atom stereocenters. The van der Waals surface area contributed by atoms with Crippen LogP contribution in [0.5, 0.6) is 0 Å². The molecule has 0 aromatic heterocycles. The van der Waals surface area contributed by atoms with Gasteiger partial charge in [-0.3, -0.25) is 4.79 Å². The quantitative estimate of drug-likeness (QED) is 0.771. The summed E-state index contributed by atoms with van der Waals surface area (Å²) in [6.45, 7) is 1.85. The largest absolute Gasteiger partial charge is 0.478 e. The maximum atomic E-state index is 12.5. The fourth-order valence-electron chi connectivity index (χ4n) is 2.57. The Labute approximate surface area is 135 Å². The number of ketones is 1. The van der Waals surface area contributed by atoms with Crippen molar-refractivity contribution in [2.24, 2.45) is 0 Å². The molecule has 2 aromatic rings. The molecule has 0 radical (unpaired) electrons. The van der Waals surface area contributed by atoms with Crippen molar-refractivity contribution in [3.8, 4) is 0 Å². The number of carbonyl (C=O) groups excluding carboxylic acids is 1. The van der Waals surface area contributed by atoms with Gasteiger partial charge < -0.3 is 10.2 Å². The molecule has 0 spiro atoms. The third kappa shape index (κ3) is 4.27. The van der Waals surface area contributed by atoms with Crippen LogP contribution in [0.2, 0.25) is 0 Å². The van der Waals surface area contributed by atoms with Gasteiger partial charge in [0.05, 0.1) is 5.56 Å². The van der Waals surface area contributed by atoms with Crippen LogP contribution < -0.4 is 0 Å². The molecule has 4 nitrogen and oxygen atoms in total. The minimum atomic E-state index is -1.08. The lowest BCUT2D eigenvalue weighted by atomic mass is 9.95. The maximum absolute atomic E-state index is 12.5. The highest BCUT2D eigenvalue weighted by Gasteiger charge is 2.18. The van der Waals surface area contributed by atoms with Gasteiger partial charge in [-0.2, -0.15) is 0 Å². The van der Waals surface area contributed by atoms with Crippen molar-refractivity contribution < 1.29 is 19.8 Å². The number of benzene rings is 2. The number of aliphatic hydroxyl groups is 1. The fraction of sp³-hybridized carbons (Fsp3) is 0.263. The molecular formula is C19H20O4. The Balaban J connectivity index is 2.16. The van der Waals surface area contributed by atoms with Gasteiger partial charge in [-0.05, 0) is 36.5 Å². The number of hydrogen-bond donors (Lipinski definition) is 2. The van der Waals surface area contributed by atoms with Gasteiger partial charge in [0.25, 0.3) is 0 Å². The van der Waals surface area contributed by atoms with Gasteiger partial charge in [-0.15, -0.1) is 0 Å². The van der Waals surface area contributed by atoms with Crippen molar-refractivity contribution in [3.63, 3.8) is 0 Å². The zero-order valence-corrected chi connectivity index (χ0v) is 13.1. The van der Waals surface area contributed by atoms with Gasteiger partial charge in [-0.25, -0.2) is 4.79 Å².